The van der Waals surface area contributed by atoms with Gasteiger partial charge in [-0.05, 0) is 43.4 Å². The van der Waals surface area contributed by atoms with Crippen LogP contribution in [-0.2, 0) is 13.0 Å². The highest BCUT2D eigenvalue weighted by atomic mass is 15.5. The molecule has 6 nitrogen and oxygen atoms in total. The van der Waals surface area contributed by atoms with E-state index < -0.39 is 0 Å². The van der Waals surface area contributed by atoms with Gasteiger partial charge < -0.3 is 4.90 Å². The minimum absolute atomic E-state index is 0.330. The molecular weight excluding hydrogens is 360 g/mol. The van der Waals surface area contributed by atoms with E-state index in [0.717, 1.165) is 42.1 Å². The fraction of sp³-hybridized carbons (Fsp3) is 0.304. The third kappa shape index (κ3) is 2.78. The molecule has 1 aliphatic carbocycles. The molecule has 0 unspecified atom stereocenters. The Labute approximate surface area is 169 Å². The van der Waals surface area contributed by atoms with Crippen LogP contribution in [0.4, 0.5) is 11.5 Å². The van der Waals surface area contributed by atoms with Crippen LogP contribution in [0.3, 0.4) is 0 Å². The molecule has 29 heavy (non-hydrogen) atoms. The van der Waals surface area contributed by atoms with Crippen LogP contribution < -0.4 is 4.90 Å². The molecule has 2 aromatic heterocycles. The summed E-state index contributed by atoms with van der Waals surface area (Å²) in [4.78, 5) is 12.2. The van der Waals surface area contributed by atoms with E-state index in [4.69, 9.17) is 9.97 Å². The second-order valence-electron chi connectivity index (χ2n) is 8.14. The highest BCUT2D eigenvalue weighted by Crippen LogP contribution is 2.43. The molecule has 1 aliphatic heterocycles. The van der Waals surface area contributed by atoms with E-state index in [0.29, 0.717) is 18.5 Å². The SMILES string of the molecule is C[C@@H]1Cc2ccccc2N1c1nc(C2CC2)nc2c1nnn2Cc1ccccc1. The van der Waals surface area contributed by atoms with Crippen LogP contribution in [0.2, 0.25) is 0 Å². The monoisotopic (exact) mass is 382 g/mol. The Hall–Kier alpha value is -3.28. The lowest BCUT2D eigenvalue weighted by Crippen LogP contribution is -2.25. The van der Waals surface area contributed by atoms with Gasteiger partial charge in [-0.3, -0.25) is 0 Å². The number of anilines is 2. The number of aromatic nitrogens is 5. The summed E-state index contributed by atoms with van der Waals surface area (Å²) >= 11 is 0. The summed E-state index contributed by atoms with van der Waals surface area (Å²) in [5.74, 6) is 2.29. The molecule has 144 valence electrons. The standard InChI is InChI=1S/C23H22N6/c1-15-13-18-9-5-6-10-19(18)29(15)23-20-22(24-21(25-23)17-11-12-17)28(27-26-20)14-16-7-3-2-4-8-16/h2-10,15,17H,11-14H2,1H3/t15-/m1/s1. The zero-order chi connectivity index (χ0) is 19.4. The maximum atomic E-state index is 5.01. The fourth-order valence-electron chi connectivity index (χ4n) is 4.30. The average Bonchev–Trinajstić information content (AvgIpc) is 3.44. The lowest BCUT2D eigenvalue weighted by molar-refractivity contribution is 0.662. The molecule has 2 aliphatic rings. The largest absolute Gasteiger partial charge is 0.321 e. The van der Waals surface area contributed by atoms with Gasteiger partial charge in [-0.2, -0.15) is 0 Å². The van der Waals surface area contributed by atoms with Crippen molar-refractivity contribution in [1.29, 1.82) is 0 Å². The van der Waals surface area contributed by atoms with Crippen LogP contribution in [0.5, 0.6) is 0 Å². The van der Waals surface area contributed by atoms with Crippen molar-refractivity contribution < 1.29 is 0 Å². The first kappa shape index (κ1) is 16.7. The Balaban J connectivity index is 1.52. The van der Waals surface area contributed by atoms with Gasteiger partial charge >= 0.3 is 0 Å². The van der Waals surface area contributed by atoms with Crippen LogP contribution >= 0.6 is 0 Å². The van der Waals surface area contributed by atoms with Crippen LogP contribution in [0.25, 0.3) is 11.2 Å². The number of para-hydroxylation sites is 1. The zero-order valence-electron chi connectivity index (χ0n) is 16.4. The first-order valence-electron chi connectivity index (χ1n) is 10.3. The van der Waals surface area contributed by atoms with Gasteiger partial charge in [0.15, 0.2) is 17.0 Å². The van der Waals surface area contributed by atoms with Crippen molar-refractivity contribution >= 4 is 22.7 Å². The van der Waals surface area contributed by atoms with Crippen molar-refractivity contribution in [2.45, 2.75) is 44.7 Å². The predicted octanol–water partition coefficient (Wildman–Crippen LogP) is 4.23. The molecule has 0 bridgehead atoms. The van der Waals surface area contributed by atoms with Crippen molar-refractivity contribution in [3.8, 4) is 0 Å². The molecule has 0 radical (unpaired) electrons. The van der Waals surface area contributed by atoms with Crippen LogP contribution in [0.15, 0.2) is 54.6 Å². The molecule has 6 heteroatoms. The predicted molar refractivity (Wildman–Crippen MR) is 112 cm³/mol. The third-order valence-electron chi connectivity index (χ3n) is 5.91. The van der Waals surface area contributed by atoms with Gasteiger partial charge in [-0.1, -0.05) is 53.7 Å². The van der Waals surface area contributed by atoms with E-state index in [9.17, 15) is 0 Å². The maximum Gasteiger partial charge on any atom is 0.184 e. The van der Waals surface area contributed by atoms with Gasteiger partial charge in [0, 0.05) is 17.6 Å². The van der Waals surface area contributed by atoms with Gasteiger partial charge in [0.05, 0.1) is 6.54 Å². The first-order valence-corrected chi connectivity index (χ1v) is 10.3. The maximum absolute atomic E-state index is 5.01. The number of nitrogens with zero attached hydrogens (tertiary/aromatic N) is 6. The highest BCUT2D eigenvalue weighted by Gasteiger charge is 2.34. The number of fused-ring (bicyclic) bond motifs is 2. The first-order chi connectivity index (χ1) is 14.3. The lowest BCUT2D eigenvalue weighted by atomic mass is 10.1. The highest BCUT2D eigenvalue weighted by molar-refractivity contribution is 5.87. The molecule has 0 spiro atoms. The summed E-state index contributed by atoms with van der Waals surface area (Å²) in [5.41, 5.74) is 5.38. The Kier molecular flexibility index (Phi) is 3.66. The van der Waals surface area contributed by atoms with E-state index in [1.807, 2.05) is 22.9 Å². The molecule has 1 atom stereocenters. The van der Waals surface area contributed by atoms with Gasteiger partial charge in [-0.15, -0.1) is 5.10 Å². The second kappa shape index (κ2) is 6.37. The topological polar surface area (TPSA) is 59.7 Å². The number of rotatable bonds is 4. The smallest absolute Gasteiger partial charge is 0.184 e. The number of benzene rings is 2. The summed E-state index contributed by atoms with van der Waals surface area (Å²) in [5, 5.41) is 9.00. The van der Waals surface area contributed by atoms with Crippen LogP contribution in [0, 0.1) is 0 Å². The Morgan fingerprint density at radius 3 is 2.59 bits per heavy atom. The molecule has 0 saturated heterocycles. The quantitative estimate of drug-likeness (QED) is 0.529. The molecule has 1 fully saturated rings. The van der Waals surface area contributed by atoms with Crippen molar-refractivity contribution in [3.63, 3.8) is 0 Å². The Morgan fingerprint density at radius 1 is 0.966 bits per heavy atom. The minimum atomic E-state index is 0.330. The lowest BCUT2D eigenvalue weighted by Gasteiger charge is -2.24. The van der Waals surface area contributed by atoms with Gasteiger partial charge in [0.1, 0.15) is 5.82 Å². The van der Waals surface area contributed by atoms with E-state index in [-0.39, 0.29) is 0 Å². The van der Waals surface area contributed by atoms with Crippen molar-refractivity contribution in [2.75, 3.05) is 4.90 Å². The molecule has 6 rings (SSSR count). The molecule has 3 heterocycles. The van der Waals surface area contributed by atoms with Crippen molar-refractivity contribution in [2.24, 2.45) is 0 Å². The van der Waals surface area contributed by atoms with E-state index in [1.165, 1.54) is 16.8 Å². The second-order valence-corrected chi connectivity index (χ2v) is 8.14. The van der Waals surface area contributed by atoms with E-state index in [2.05, 4.69) is 58.5 Å². The van der Waals surface area contributed by atoms with Gasteiger partial charge in [0.25, 0.3) is 0 Å². The molecule has 1 saturated carbocycles. The summed E-state index contributed by atoms with van der Waals surface area (Å²) in [6.45, 7) is 2.91. The summed E-state index contributed by atoms with van der Waals surface area (Å²) in [7, 11) is 0. The summed E-state index contributed by atoms with van der Waals surface area (Å²) in [6, 6.07) is 19.3. The minimum Gasteiger partial charge on any atom is -0.321 e. The summed E-state index contributed by atoms with van der Waals surface area (Å²) < 4.78 is 1.91. The molecule has 0 amide bonds. The van der Waals surface area contributed by atoms with E-state index >= 15 is 0 Å². The van der Waals surface area contributed by atoms with Crippen molar-refractivity contribution in [1.82, 2.24) is 25.0 Å². The van der Waals surface area contributed by atoms with Crippen molar-refractivity contribution in [3.05, 3.63) is 71.5 Å². The van der Waals surface area contributed by atoms with Crippen LogP contribution in [0.1, 0.15) is 42.6 Å². The number of hydrogen-bond donors (Lipinski definition) is 0. The number of hydrogen-bond acceptors (Lipinski definition) is 5. The third-order valence-corrected chi connectivity index (χ3v) is 5.91. The molecule has 2 aromatic carbocycles. The fourth-order valence-corrected chi connectivity index (χ4v) is 4.30. The zero-order valence-corrected chi connectivity index (χ0v) is 16.4. The van der Waals surface area contributed by atoms with Gasteiger partial charge in [0.2, 0.25) is 0 Å². The van der Waals surface area contributed by atoms with Gasteiger partial charge in [-0.25, -0.2) is 14.6 Å². The Morgan fingerprint density at radius 2 is 1.76 bits per heavy atom. The molecule has 4 aromatic rings. The molecular formula is C23H22N6. The Bertz CT molecular complexity index is 1190. The summed E-state index contributed by atoms with van der Waals surface area (Å²) in [6.07, 6.45) is 3.34. The molecule has 0 N–H and O–H groups in total. The average molecular weight is 382 g/mol. The normalized spacial score (nSPS) is 18.4. The van der Waals surface area contributed by atoms with E-state index in [1.54, 1.807) is 0 Å². The van der Waals surface area contributed by atoms with Crippen LogP contribution in [-0.4, -0.2) is 31.0 Å².